The summed E-state index contributed by atoms with van der Waals surface area (Å²) in [5.74, 6) is 0.976. The van der Waals surface area contributed by atoms with Crippen LogP contribution in [-0.2, 0) is 4.74 Å². The van der Waals surface area contributed by atoms with Crippen LogP contribution in [0.25, 0.3) is 0 Å². The van der Waals surface area contributed by atoms with Gasteiger partial charge in [0.05, 0.1) is 12.2 Å². The van der Waals surface area contributed by atoms with Gasteiger partial charge in [-0.25, -0.2) is 4.98 Å². The van der Waals surface area contributed by atoms with Crippen molar-refractivity contribution in [2.75, 3.05) is 24.6 Å². The summed E-state index contributed by atoms with van der Waals surface area (Å²) < 4.78 is 5.69. The largest absolute Gasteiger partial charge is 0.389 e. The van der Waals surface area contributed by atoms with Gasteiger partial charge in [-0.05, 0) is 38.3 Å². The van der Waals surface area contributed by atoms with Crippen LogP contribution in [0.5, 0.6) is 0 Å². The number of hydrogen-bond donors (Lipinski definition) is 1. The molecule has 1 aromatic rings. The highest BCUT2D eigenvalue weighted by atomic mass is 16.5. The lowest BCUT2D eigenvalue weighted by molar-refractivity contribution is 0.0525. The first-order chi connectivity index (χ1) is 8.70. The van der Waals surface area contributed by atoms with Gasteiger partial charge in [-0.2, -0.15) is 0 Å². The average Bonchev–Trinajstić information content (AvgIpc) is 2.39. The highest BCUT2D eigenvalue weighted by molar-refractivity contribution is 5.40. The van der Waals surface area contributed by atoms with Crippen LogP contribution in [0.15, 0.2) is 18.3 Å². The number of rotatable bonds is 4. The second-order valence-corrected chi connectivity index (χ2v) is 4.79. The Balaban J connectivity index is 2.02. The summed E-state index contributed by atoms with van der Waals surface area (Å²) in [7, 11) is 0. The maximum Gasteiger partial charge on any atom is 0.128 e. The molecule has 18 heavy (non-hydrogen) atoms. The van der Waals surface area contributed by atoms with Crippen molar-refractivity contribution in [3.8, 4) is 0 Å². The van der Waals surface area contributed by atoms with E-state index in [4.69, 9.17) is 4.74 Å². The van der Waals surface area contributed by atoms with E-state index in [1.807, 2.05) is 19.1 Å². The molecule has 0 saturated carbocycles. The highest BCUT2D eigenvalue weighted by Crippen LogP contribution is 2.21. The van der Waals surface area contributed by atoms with Gasteiger partial charge in [0.15, 0.2) is 0 Å². The van der Waals surface area contributed by atoms with E-state index in [2.05, 4.69) is 9.88 Å². The fourth-order valence-corrected chi connectivity index (χ4v) is 2.35. The van der Waals surface area contributed by atoms with Crippen molar-refractivity contribution in [2.45, 2.75) is 38.9 Å². The van der Waals surface area contributed by atoms with Gasteiger partial charge in [-0.15, -0.1) is 0 Å². The minimum Gasteiger partial charge on any atom is -0.389 e. The van der Waals surface area contributed by atoms with Gasteiger partial charge < -0.3 is 14.7 Å². The van der Waals surface area contributed by atoms with Crippen molar-refractivity contribution in [1.82, 2.24) is 4.98 Å². The molecular formula is C14H22N2O2. The SMILES string of the molecule is CCOC1CCCN(c2ccc([C@@H](C)O)cn2)C1. The average molecular weight is 250 g/mol. The summed E-state index contributed by atoms with van der Waals surface area (Å²) in [6.07, 6.45) is 3.90. The fourth-order valence-electron chi connectivity index (χ4n) is 2.35. The number of aliphatic hydroxyl groups is 1. The molecular weight excluding hydrogens is 228 g/mol. The summed E-state index contributed by atoms with van der Waals surface area (Å²) in [5.41, 5.74) is 0.858. The zero-order valence-corrected chi connectivity index (χ0v) is 11.2. The Morgan fingerprint density at radius 2 is 2.39 bits per heavy atom. The second kappa shape index (κ2) is 6.16. The molecule has 2 rings (SSSR count). The smallest absolute Gasteiger partial charge is 0.128 e. The molecule has 100 valence electrons. The van der Waals surface area contributed by atoms with Crippen molar-refractivity contribution < 1.29 is 9.84 Å². The number of pyridine rings is 1. The number of piperidine rings is 1. The molecule has 1 N–H and O–H groups in total. The summed E-state index contributed by atoms with van der Waals surface area (Å²) >= 11 is 0. The third kappa shape index (κ3) is 3.21. The van der Waals surface area contributed by atoms with E-state index in [9.17, 15) is 5.11 Å². The van der Waals surface area contributed by atoms with Crippen LogP contribution < -0.4 is 4.90 Å². The Kier molecular flexibility index (Phi) is 4.55. The van der Waals surface area contributed by atoms with Gasteiger partial charge in [-0.1, -0.05) is 6.07 Å². The molecule has 0 spiro atoms. The minimum absolute atomic E-state index is 0.321. The molecule has 1 unspecified atom stereocenters. The van der Waals surface area contributed by atoms with E-state index in [1.54, 1.807) is 13.1 Å². The van der Waals surface area contributed by atoms with Crippen molar-refractivity contribution in [1.29, 1.82) is 0 Å². The van der Waals surface area contributed by atoms with Crippen molar-refractivity contribution >= 4 is 5.82 Å². The Hall–Kier alpha value is -1.13. The van der Waals surface area contributed by atoms with E-state index < -0.39 is 6.10 Å². The molecule has 1 aliphatic heterocycles. The number of aromatic nitrogens is 1. The van der Waals surface area contributed by atoms with Crippen LogP contribution >= 0.6 is 0 Å². The first-order valence-electron chi connectivity index (χ1n) is 6.71. The molecule has 1 aliphatic rings. The third-order valence-corrected chi connectivity index (χ3v) is 3.36. The number of nitrogens with zero attached hydrogens (tertiary/aromatic N) is 2. The van der Waals surface area contributed by atoms with Gasteiger partial charge in [0.2, 0.25) is 0 Å². The lowest BCUT2D eigenvalue weighted by Gasteiger charge is -2.33. The lowest BCUT2D eigenvalue weighted by atomic mass is 10.1. The summed E-state index contributed by atoms with van der Waals surface area (Å²) in [6, 6.07) is 3.92. The summed E-state index contributed by atoms with van der Waals surface area (Å²) in [4.78, 5) is 6.69. The zero-order valence-electron chi connectivity index (χ0n) is 11.2. The molecule has 0 amide bonds. The predicted molar refractivity (Wildman–Crippen MR) is 71.7 cm³/mol. The molecule has 1 saturated heterocycles. The standard InChI is InChI=1S/C14H22N2O2/c1-3-18-13-5-4-8-16(10-13)14-7-6-12(9-15-14)11(2)17/h6-7,9,11,13,17H,3-5,8,10H2,1-2H3/t11-,13?/m1/s1. The van der Waals surface area contributed by atoms with E-state index in [1.165, 1.54) is 0 Å². The van der Waals surface area contributed by atoms with Gasteiger partial charge in [0, 0.05) is 25.9 Å². The summed E-state index contributed by atoms with van der Waals surface area (Å²) in [6.45, 7) is 6.50. The monoisotopic (exact) mass is 250 g/mol. The highest BCUT2D eigenvalue weighted by Gasteiger charge is 2.20. The van der Waals surface area contributed by atoms with Crippen molar-refractivity contribution in [3.05, 3.63) is 23.9 Å². The van der Waals surface area contributed by atoms with E-state index >= 15 is 0 Å². The van der Waals surface area contributed by atoms with Crippen LogP contribution in [0.3, 0.4) is 0 Å². The maximum absolute atomic E-state index is 9.46. The first-order valence-corrected chi connectivity index (χ1v) is 6.71. The van der Waals surface area contributed by atoms with E-state index in [0.717, 1.165) is 43.9 Å². The predicted octanol–water partition coefficient (Wildman–Crippen LogP) is 2.14. The Morgan fingerprint density at radius 1 is 1.56 bits per heavy atom. The number of anilines is 1. The topological polar surface area (TPSA) is 45.6 Å². The van der Waals surface area contributed by atoms with E-state index in [-0.39, 0.29) is 0 Å². The molecule has 1 aromatic heterocycles. The Morgan fingerprint density at radius 3 is 3.00 bits per heavy atom. The molecule has 2 atom stereocenters. The van der Waals surface area contributed by atoms with Crippen LogP contribution in [0, 0.1) is 0 Å². The van der Waals surface area contributed by atoms with Crippen LogP contribution in [-0.4, -0.2) is 35.9 Å². The molecule has 0 radical (unpaired) electrons. The third-order valence-electron chi connectivity index (χ3n) is 3.36. The van der Waals surface area contributed by atoms with Crippen LogP contribution in [0.4, 0.5) is 5.82 Å². The number of aliphatic hydroxyl groups excluding tert-OH is 1. The summed E-state index contributed by atoms with van der Waals surface area (Å²) in [5, 5.41) is 9.46. The molecule has 4 nitrogen and oxygen atoms in total. The van der Waals surface area contributed by atoms with E-state index in [0.29, 0.717) is 6.10 Å². The Bertz CT molecular complexity index is 363. The van der Waals surface area contributed by atoms with Crippen LogP contribution in [0.1, 0.15) is 38.4 Å². The number of hydrogen-bond acceptors (Lipinski definition) is 4. The first kappa shape index (κ1) is 13.3. The quantitative estimate of drug-likeness (QED) is 0.889. The van der Waals surface area contributed by atoms with Crippen LogP contribution in [0.2, 0.25) is 0 Å². The lowest BCUT2D eigenvalue weighted by Crippen LogP contribution is -2.40. The molecule has 0 aromatic carbocycles. The van der Waals surface area contributed by atoms with Gasteiger partial charge in [0.1, 0.15) is 5.82 Å². The molecule has 2 heterocycles. The molecule has 0 aliphatic carbocycles. The molecule has 1 fully saturated rings. The molecule has 0 bridgehead atoms. The van der Waals surface area contributed by atoms with Crippen molar-refractivity contribution in [3.63, 3.8) is 0 Å². The number of ether oxygens (including phenoxy) is 1. The minimum atomic E-state index is -0.455. The van der Waals surface area contributed by atoms with Gasteiger partial charge in [0.25, 0.3) is 0 Å². The molecule has 4 heteroatoms. The fraction of sp³-hybridized carbons (Fsp3) is 0.643. The van der Waals surface area contributed by atoms with Gasteiger partial charge in [-0.3, -0.25) is 0 Å². The Labute approximate surface area is 109 Å². The van der Waals surface area contributed by atoms with Gasteiger partial charge >= 0.3 is 0 Å². The maximum atomic E-state index is 9.46. The van der Waals surface area contributed by atoms with Crippen molar-refractivity contribution in [2.24, 2.45) is 0 Å². The second-order valence-electron chi connectivity index (χ2n) is 4.79. The normalized spacial score (nSPS) is 21.9. The zero-order chi connectivity index (χ0) is 13.0.